The van der Waals surface area contributed by atoms with E-state index < -0.39 is 0 Å². The van der Waals surface area contributed by atoms with Gasteiger partial charge < -0.3 is 5.73 Å². The third-order valence-corrected chi connectivity index (χ3v) is 3.06. The van der Waals surface area contributed by atoms with Gasteiger partial charge in [0, 0.05) is 0 Å². The monoisotopic (exact) mass is 175 g/mol. The van der Waals surface area contributed by atoms with Gasteiger partial charge in [-0.05, 0) is 49.8 Å². The van der Waals surface area contributed by atoms with E-state index in [2.05, 4.69) is 32.0 Å². The van der Waals surface area contributed by atoms with Crippen molar-refractivity contribution in [3.8, 4) is 0 Å². The van der Waals surface area contributed by atoms with Crippen molar-refractivity contribution in [2.24, 2.45) is 11.7 Å². The number of nitrogens with two attached hydrogens (primary N) is 1. The van der Waals surface area contributed by atoms with E-state index in [-0.39, 0.29) is 0 Å². The van der Waals surface area contributed by atoms with Gasteiger partial charge in [-0.25, -0.2) is 0 Å². The molecule has 1 saturated carbocycles. The Labute approximate surface area is 80.0 Å². The van der Waals surface area contributed by atoms with Crippen molar-refractivity contribution in [2.45, 2.75) is 26.2 Å². The first-order chi connectivity index (χ1) is 6.22. The van der Waals surface area contributed by atoms with Crippen molar-refractivity contribution < 1.29 is 0 Å². The van der Waals surface area contributed by atoms with Gasteiger partial charge in [0.25, 0.3) is 0 Å². The summed E-state index contributed by atoms with van der Waals surface area (Å²) in [6, 6.07) is 6.71. The van der Waals surface area contributed by atoms with Crippen LogP contribution in [0.3, 0.4) is 0 Å². The first-order valence-corrected chi connectivity index (χ1v) is 4.99. The van der Waals surface area contributed by atoms with E-state index in [4.69, 9.17) is 5.73 Å². The summed E-state index contributed by atoms with van der Waals surface area (Å²) in [4.78, 5) is 0. The number of benzene rings is 1. The summed E-state index contributed by atoms with van der Waals surface area (Å²) in [6.45, 7) is 5.20. The molecule has 1 heteroatoms. The van der Waals surface area contributed by atoms with Crippen LogP contribution in [0.15, 0.2) is 18.2 Å². The summed E-state index contributed by atoms with van der Waals surface area (Å²) < 4.78 is 0. The predicted molar refractivity (Wildman–Crippen MR) is 55.8 cm³/mol. The maximum Gasteiger partial charge on any atom is -0.00428 e. The molecule has 1 nitrogen and oxygen atoms in total. The van der Waals surface area contributed by atoms with E-state index in [9.17, 15) is 0 Å². The van der Waals surface area contributed by atoms with Crippen LogP contribution in [-0.4, -0.2) is 6.54 Å². The molecule has 1 aromatic rings. The molecule has 70 valence electrons. The van der Waals surface area contributed by atoms with E-state index in [1.54, 1.807) is 0 Å². The average molecular weight is 175 g/mol. The number of aryl methyl sites for hydroxylation is 2. The fraction of sp³-hybridized carbons (Fsp3) is 0.500. The maximum absolute atomic E-state index is 5.65. The second-order valence-corrected chi connectivity index (χ2v) is 4.20. The highest BCUT2D eigenvalue weighted by atomic mass is 14.6. The summed E-state index contributed by atoms with van der Waals surface area (Å²) in [6.07, 6.45) is 1.29. The molecule has 2 rings (SSSR count). The molecule has 0 aliphatic heterocycles. The minimum absolute atomic E-state index is 0.750. The lowest BCUT2D eigenvalue weighted by Crippen LogP contribution is -2.02. The number of rotatable bonds is 2. The second-order valence-electron chi connectivity index (χ2n) is 4.20. The Morgan fingerprint density at radius 1 is 1.38 bits per heavy atom. The van der Waals surface area contributed by atoms with Crippen LogP contribution in [0.2, 0.25) is 0 Å². The van der Waals surface area contributed by atoms with Gasteiger partial charge in [-0.2, -0.15) is 0 Å². The molecule has 0 amide bonds. The SMILES string of the molecule is Cc1ccc(C)c([C@@H]2C[C@H]2CN)c1. The van der Waals surface area contributed by atoms with Gasteiger partial charge >= 0.3 is 0 Å². The molecule has 0 spiro atoms. The molecule has 1 aliphatic rings. The fourth-order valence-corrected chi connectivity index (χ4v) is 2.05. The summed E-state index contributed by atoms with van der Waals surface area (Å²) in [7, 11) is 0. The minimum Gasteiger partial charge on any atom is -0.330 e. The average Bonchev–Trinajstić information content (AvgIpc) is 2.88. The fourth-order valence-electron chi connectivity index (χ4n) is 2.05. The van der Waals surface area contributed by atoms with Crippen molar-refractivity contribution in [3.63, 3.8) is 0 Å². The third-order valence-electron chi connectivity index (χ3n) is 3.06. The topological polar surface area (TPSA) is 26.0 Å². The lowest BCUT2D eigenvalue weighted by atomic mass is 10.0. The van der Waals surface area contributed by atoms with Gasteiger partial charge in [-0.1, -0.05) is 23.8 Å². The quantitative estimate of drug-likeness (QED) is 0.733. The molecule has 0 radical (unpaired) electrons. The van der Waals surface area contributed by atoms with Crippen molar-refractivity contribution in [1.82, 2.24) is 0 Å². The zero-order valence-electron chi connectivity index (χ0n) is 8.38. The first-order valence-electron chi connectivity index (χ1n) is 4.99. The summed E-state index contributed by atoms with van der Waals surface area (Å²) in [5, 5.41) is 0. The van der Waals surface area contributed by atoms with E-state index in [1.807, 2.05) is 0 Å². The molecule has 1 fully saturated rings. The number of hydrogen-bond donors (Lipinski definition) is 1. The summed E-state index contributed by atoms with van der Waals surface area (Å²) in [5.41, 5.74) is 9.96. The lowest BCUT2D eigenvalue weighted by Gasteiger charge is -2.05. The van der Waals surface area contributed by atoms with E-state index >= 15 is 0 Å². The van der Waals surface area contributed by atoms with Crippen molar-refractivity contribution in [1.29, 1.82) is 0 Å². The Morgan fingerprint density at radius 3 is 2.77 bits per heavy atom. The van der Waals surface area contributed by atoms with Gasteiger partial charge in [0.2, 0.25) is 0 Å². The molecule has 2 N–H and O–H groups in total. The molecule has 0 bridgehead atoms. The number of hydrogen-bond acceptors (Lipinski definition) is 1. The summed E-state index contributed by atoms with van der Waals surface area (Å²) in [5.74, 6) is 1.50. The lowest BCUT2D eigenvalue weighted by molar-refractivity contribution is 0.807. The molecular formula is C12H17N. The molecule has 0 unspecified atom stereocenters. The smallest absolute Gasteiger partial charge is 0.00428 e. The van der Waals surface area contributed by atoms with Gasteiger partial charge in [-0.15, -0.1) is 0 Å². The zero-order chi connectivity index (χ0) is 9.42. The molecular weight excluding hydrogens is 158 g/mol. The van der Waals surface area contributed by atoms with Crippen LogP contribution in [0.5, 0.6) is 0 Å². The van der Waals surface area contributed by atoms with E-state index in [0.29, 0.717) is 0 Å². The Bertz CT molecular complexity index is 317. The first kappa shape index (κ1) is 8.76. The third kappa shape index (κ3) is 1.61. The van der Waals surface area contributed by atoms with Crippen LogP contribution >= 0.6 is 0 Å². The Balaban J connectivity index is 2.25. The van der Waals surface area contributed by atoms with Crippen molar-refractivity contribution >= 4 is 0 Å². The van der Waals surface area contributed by atoms with Crippen LogP contribution in [0.25, 0.3) is 0 Å². The highest BCUT2D eigenvalue weighted by Gasteiger charge is 2.37. The van der Waals surface area contributed by atoms with Gasteiger partial charge in [0.15, 0.2) is 0 Å². The molecule has 0 heterocycles. The minimum atomic E-state index is 0.750. The largest absolute Gasteiger partial charge is 0.330 e. The van der Waals surface area contributed by atoms with Crippen molar-refractivity contribution in [3.05, 3.63) is 34.9 Å². The van der Waals surface area contributed by atoms with Gasteiger partial charge in [-0.3, -0.25) is 0 Å². The van der Waals surface area contributed by atoms with E-state index in [1.165, 1.54) is 23.1 Å². The second kappa shape index (κ2) is 3.15. The Morgan fingerprint density at radius 2 is 2.15 bits per heavy atom. The molecule has 0 saturated heterocycles. The maximum atomic E-state index is 5.65. The Hall–Kier alpha value is -0.820. The van der Waals surface area contributed by atoms with E-state index in [0.717, 1.165) is 18.4 Å². The van der Waals surface area contributed by atoms with Crippen LogP contribution in [0.1, 0.15) is 29.0 Å². The Kier molecular flexibility index (Phi) is 2.12. The zero-order valence-corrected chi connectivity index (χ0v) is 8.38. The highest BCUT2D eigenvalue weighted by molar-refractivity contribution is 5.36. The summed E-state index contributed by atoms with van der Waals surface area (Å²) >= 11 is 0. The predicted octanol–water partition coefficient (Wildman–Crippen LogP) is 2.37. The highest BCUT2D eigenvalue weighted by Crippen LogP contribution is 2.47. The molecule has 2 atom stereocenters. The molecule has 1 aromatic carbocycles. The normalized spacial score (nSPS) is 26.1. The standard InChI is InChI=1S/C12H17N/c1-8-3-4-9(2)11(5-8)12-6-10(12)7-13/h3-5,10,12H,6-7,13H2,1-2H3/t10-,12+/m0/s1. The van der Waals surface area contributed by atoms with Gasteiger partial charge in [0.05, 0.1) is 0 Å². The molecule has 0 aromatic heterocycles. The molecule has 13 heavy (non-hydrogen) atoms. The van der Waals surface area contributed by atoms with Crippen LogP contribution in [0.4, 0.5) is 0 Å². The van der Waals surface area contributed by atoms with Gasteiger partial charge in [0.1, 0.15) is 0 Å². The van der Waals surface area contributed by atoms with Crippen LogP contribution < -0.4 is 5.73 Å². The molecule has 1 aliphatic carbocycles. The van der Waals surface area contributed by atoms with Crippen LogP contribution in [-0.2, 0) is 0 Å². The van der Waals surface area contributed by atoms with Crippen LogP contribution in [0, 0.1) is 19.8 Å². The van der Waals surface area contributed by atoms with Crippen molar-refractivity contribution in [2.75, 3.05) is 6.54 Å².